The van der Waals surface area contributed by atoms with E-state index in [0.717, 1.165) is 14.6 Å². The van der Waals surface area contributed by atoms with Crippen molar-refractivity contribution in [3.8, 4) is 0 Å². The second-order valence-corrected chi connectivity index (χ2v) is 6.25. The summed E-state index contributed by atoms with van der Waals surface area (Å²) in [6.07, 6.45) is 3.88. The van der Waals surface area contributed by atoms with E-state index < -0.39 is 0 Å². The molecule has 1 aliphatic rings. The summed E-state index contributed by atoms with van der Waals surface area (Å²) in [4.78, 5) is 0. The summed E-state index contributed by atoms with van der Waals surface area (Å²) < 4.78 is 2.59. The first kappa shape index (κ1) is 11.4. The molecule has 1 rings (SSSR count). The fraction of sp³-hybridized carbons (Fsp3) is 1.00. The Morgan fingerprint density at radius 3 is 2.31 bits per heavy atom. The Bertz CT molecular complexity index is 145. The van der Waals surface area contributed by atoms with Crippen LogP contribution >= 0.6 is 8.73 Å². The molecule has 1 atom stereocenters. The summed E-state index contributed by atoms with van der Waals surface area (Å²) in [5.41, 5.74) is 6.14. The zero-order valence-electron chi connectivity index (χ0n) is 9.14. The van der Waals surface area contributed by atoms with Crippen LogP contribution in [0.3, 0.4) is 0 Å². The molecule has 0 saturated carbocycles. The molecule has 3 heteroatoms. The number of hydrogen-bond acceptors (Lipinski definition) is 2. The lowest BCUT2D eigenvalue weighted by Gasteiger charge is -2.38. The molecular formula is C10H23N2P. The van der Waals surface area contributed by atoms with Crippen LogP contribution in [0.5, 0.6) is 0 Å². The van der Waals surface area contributed by atoms with E-state index in [0.29, 0.717) is 0 Å². The number of nitrogens with two attached hydrogens (primary N) is 1. The molecule has 1 heterocycles. The molecule has 0 aliphatic carbocycles. The average Bonchev–Trinajstić information content (AvgIpc) is 2.04. The number of hydrogen-bond donors (Lipinski definition) is 1. The Labute approximate surface area is 84.1 Å². The SMILES string of the molecule is CCPN1CCC(C(C)(C)N)CC1. The van der Waals surface area contributed by atoms with Crippen molar-refractivity contribution in [1.29, 1.82) is 0 Å². The van der Waals surface area contributed by atoms with E-state index >= 15 is 0 Å². The summed E-state index contributed by atoms with van der Waals surface area (Å²) in [6.45, 7) is 9.11. The lowest BCUT2D eigenvalue weighted by Crippen LogP contribution is -2.45. The summed E-state index contributed by atoms with van der Waals surface area (Å²) in [5, 5.41) is 0. The quantitative estimate of drug-likeness (QED) is 0.710. The Morgan fingerprint density at radius 2 is 1.92 bits per heavy atom. The molecular weight excluding hydrogens is 179 g/mol. The molecule has 1 saturated heterocycles. The molecule has 13 heavy (non-hydrogen) atoms. The third-order valence-corrected chi connectivity index (χ3v) is 4.14. The standard InChI is InChI=1S/C10H23N2P/c1-4-13-12-7-5-9(6-8-12)10(2,3)11/h9,13H,4-8,11H2,1-3H3. The van der Waals surface area contributed by atoms with E-state index in [1.54, 1.807) is 0 Å². The van der Waals surface area contributed by atoms with Gasteiger partial charge in [-0.15, -0.1) is 0 Å². The minimum absolute atomic E-state index is 0.0292. The molecule has 0 bridgehead atoms. The van der Waals surface area contributed by atoms with E-state index in [4.69, 9.17) is 5.73 Å². The number of piperidine rings is 1. The van der Waals surface area contributed by atoms with Crippen LogP contribution in [0.25, 0.3) is 0 Å². The van der Waals surface area contributed by atoms with Gasteiger partial charge in [0.25, 0.3) is 0 Å². The molecule has 0 radical (unpaired) electrons. The van der Waals surface area contributed by atoms with Gasteiger partial charge in [-0.25, -0.2) is 0 Å². The summed E-state index contributed by atoms with van der Waals surface area (Å²) >= 11 is 0. The highest BCUT2D eigenvalue weighted by Gasteiger charge is 2.28. The lowest BCUT2D eigenvalue weighted by atomic mass is 9.82. The van der Waals surface area contributed by atoms with Crippen molar-refractivity contribution < 1.29 is 0 Å². The van der Waals surface area contributed by atoms with Crippen LogP contribution in [0, 0.1) is 5.92 Å². The smallest absolute Gasteiger partial charge is 0.0126 e. The third kappa shape index (κ3) is 3.53. The molecule has 0 aromatic heterocycles. The average molecular weight is 202 g/mol. The van der Waals surface area contributed by atoms with Crippen molar-refractivity contribution in [2.75, 3.05) is 19.3 Å². The summed E-state index contributed by atoms with van der Waals surface area (Å²) in [5.74, 6) is 0.727. The maximum absolute atomic E-state index is 6.11. The van der Waals surface area contributed by atoms with Gasteiger partial charge in [0.1, 0.15) is 0 Å². The zero-order chi connectivity index (χ0) is 9.90. The zero-order valence-corrected chi connectivity index (χ0v) is 10.1. The molecule has 0 aromatic carbocycles. The van der Waals surface area contributed by atoms with Crippen LogP contribution in [0.4, 0.5) is 0 Å². The highest BCUT2D eigenvalue weighted by Crippen LogP contribution is 2.30. The second kappa shape index (κ2) is 4.72. The van der Waals surface area contributed by atoms with E-state index in [-0.39, 0.29) is 5.54 Å². The maximum Gasteiger partial charge on any atom is 0.0126 e. The van der Waals surface area contributed by atoms with Gasteiger partial charge in [0.05, 0.1) is 0 Å². The second-order valence-electron chi connectivity index (χ2n) is 4.59. The largest absolute Gasteiger partial charge is 0.325 e. The van der Waals surface area contributed by atoms with E-state index in [1.165, 1.54) is 32.1 Å². The van der Waals surface area contributed by atoms with Gasteiger partial charge in [-0.3, -0.25) is 4.67 Å². The lowest BCUT2D eigenvalue weighted by molar-refractivity contribution is 0.207. The van der Waals surface area contributed by atoms with Crippen LogP contribution in [-0.4, -0.2) is 29.5 Å². The van der Waals surface area contributed by atoms with E-state index in [1.807, 2.05) is 0 Å². The van der Waals surface area contributed by atoms with Crippen molar-refractivity contribution in [2.24, 2.45) is 11.7 Å². The minimum atomic E-state index is 0.0292. The molecule has 2 nitrogen and oxygen atoms in total. The van der Waals surface area contributed by atoms with Gasteiger partial charge in [0.2, 0.25) is 0 Å². The van der Waals surface area contributed by atoms with Crippen LogP contribution in [0.15, 0.2) is 0 Å². The Morgan fingerprint density at radius 1 is 1.38 bits per heavy atom. The van der Waals surface area contributed by atoms with Crippen LogP contribution in [0.1, 0.15) is 33.6 Å². The molecule has 1 aliphatic heterocycles. The van der Waals surface area contributed by atoms with Gasteiger partial charge < -0.3 is 5.73 Å². The van der Waals surface area contributed by atoms with Crippen molar-refractivity contribution in [1.82, 2.24) is 4.67 Å². The highest BCUT2D eigenvalue weighted by molar-refractivity contribution is 7.35. The fourth-order valence-corrected chi connectivity index (χ4v) is 3.03. The van der Waals surface area contributed by atoms with Crippen molar-refractivity contribution in [3.63, 3.8) is 0 Å². The van der Waals surface area contributed by atoms with Crippen molar-refractivity contribution in [3.05, 3.63) is 0 Å². The monoisotopic (exact) mass is 202 g/mol. The molecule has 0 aromatic rings. The van der Waals surface area contributed by atoms with Crippen molar-refractivity contribution >= 4 is 8.73 Å². The Balaban J connectivity index is 2.30. The summed E-state index contributed by atoms with van der Waals surface area (Å²) in [6, 6.07) is 0. The molecule has 1 unspecified atom stereocenters. The molecule has 0 amide bonds. The third-order valence-electron chi connectivity index (χ3n) is 2.93. The van der Waals surface area contributed by atoms with Gasteiger partial charge in [0, 0.05) is 18.6 Å². The van der Waals surface area contributed by atoms with Crippen LogP contribution in [0.2, 0.25) is 0 Å². The minimum Gasteiger partial charge on any atom is -0.325 e. The van der Waals surface area contributed by atoms with Crippen molar-refractivity contribution in [2.45, 2.75) is 39.2 Å². The van der Waals surface area contributed by atoms with Gasteiger partial charge in [-0.05, 0) is 38.8 Å². The summed E-state index contributed by atoms with van der Waals surface area (Å²) in [7, 11) is 1.03. The Kier molecular flexibility index (Phi) is 4.15. The molecule has 78 valence electrons. The highest BCUT2D eigenvalue weighted by atomic mass is 31.1. The maximum atomic E-state index is 6.11. The topological polar surface area (TPSA) is 29.3 Å². The van der Waals surface area contributed by atoms with Gasteiger partial charge in [-0.1, -0.05) is 15.7 Å². The van der Waals surface area contributed by atoms with E-state index in [2.05, 4.69) is 25.4 Å². The predicted octanol–water partition coefficient (Wildman–Crippen LogP) is 2.05. The Hall–Kier alpha value is 0.350. The molecule has 1 fully saturated rings. The van der Waals surface area contributed by atoms with E-state index in [9.17, 15) is 0 Å². The van der Waals surface area contributed by atoms with Crippen LogP contribution in [-0.2, 0) is 0 Å². The first-order chi connectivity index (χ1) is 6.04. The number of nitrogens with zero attached hydrogens (tertiary/aromatic N) is 1. The first-order valence-electron chi connectivity index (χ1n) is 5.31. The number of rotatable bonds is 3. The normalized spacial score (nSPS) is 23.1. The molecule has 0 spiro atoms. The first-order valence-corrected chi connectivity index (χ1v) is 6.46. The van der Waals surface area contributed by atoms with Gasteiger partial charge in [-0.2, -0.15) is 0 Å². The van der Waals surface area contributed by atoms with Gasteiger partial charge in [0.15, 0.2) is 0 Å². The predicted molar refractivity (Wildman–Crippen MR) is 61.4 cm³/mol. The molecule has 2 N–H and O–H groups in total. The fourth-order valence-electron chi connectivity index (χ4n) is 2.01. The van der Waals surface area contributed by atoms with Crippen LogP contribution < -0.4 is 5.73 Å². The van der Waals surface area contributed by atoms with Gasteiger partial charge >= 0.3 is 0 Å².